The van der Waals surface area contributed by atoms with Crippen LogP contribution in [0, 0.1) is 5.92 Å². The number of halogens is 1. The molecule has 0 saturated carbocycles. The van der Waals surface area contributed by atoms with Gasteiger partial charge in [0, 0.05) is 22.6 Å². The second-order valence-electron chi connectivity index (χ2n) is 6.16. The van der Waals surface area contributed by atoms with Gasteiger partial charge < -0.3 is 9.52 Å². The molecule has 0 spiro atoms. The SMILES string of the molecule is CC1CCC(C(=O)O)CN1Cc1ccc(-c2ccc(Br)cc2)o1. The maximum absolute atomic E-state index is 11.2. The molecule has 2 unspecified atom stereocenters. The number of piperidine rings is 1. The third-order valence-corrected chi connectivity index (χ3v) is 5.04. The van der Waals surface area contributed by atoms with Gasteiger partial charge in [0.15, 0.2) is 0 Å². The normalized spacial score (nSPS) is 22.2. The van der Waals surface area contributed by atoms with Crippen LogP contribution in [0.2, 0.25) is 0 Å². The second kappa shape index (κ2) is 6.89. The van der Waals surface area contributed by atoms with E-state index in [0.29, 0.717) is 19.1 Å². The summed E-state index contributed by atoms with van der Waals surface area (Å²) in [7, 11) is 0. The van der Waals surface area contributed by atoms with Crippen LogP contribution in [0.15, 0.2) is 45.3 Å². The fourth-order valence-corrected chi connectivity index (χ4v) is 3.30. The van der Waals surface area contributed by atoms with E-state index in [1.165, 1.54) is 0 Å². The third kappa shape index (κ3) is 3.85. The van der Waals surface area contributed by atoms with Crippen molar-refractivity contribution in [3.05, 3.63) is 46.6 Å². The van der Waals surface area contributed by atoms with Crippen molar-refractivity contribution in [3.63, 3.8) is 0 Å². The highest BCUT2D eigenvalue weighted by atomic mass is 79.9. The Morgan fingerprint density at radius 1 is 1.26 bits per heavy atom. The molecule has 4 nitrogen and oxygen atoms in total. The molecule has 1 aliphatic rings. The van der Waals surface area contributed by atoms with Crippen molar-refractivity contribution in [3.8, 4) is 11.3 Å². The van der Waals surface area contributed by atoms with E-state index in [1.807, 2.05) is 36.4 Å². The first-order chi connectivity index (χ1) is 11.0. The van der Waals surface area contributed by atoms with Crippen LogP contribution < -0.4 is 0 Å². The molecule has 23 heavy (non-hydrogen) atoms. The van der Waals surface area contributed by atoms with Crippen molar-refractivity contribution in [2.45, 2.75) is 32.4 Å². The summed E-state index contributed by atoms with van der Waals surface area (Å²) in [6.45, 7) is 3.39. The highest BCUT2D eigenvalue weighted by Gasteiger charge is 2.30. The van der Waals surface area contributed by atoms with Crippen molar-refractivity contribution in [2.24, 2.45) is 5.92 Å². The predicted octanol–water partition coefficient (Wildman–Crippen LogP) is 4.39. The molecular weight excluding hydrogens is 358 g/mol. The minimum atomic E-state index is -0.697. The number of hydrogen-bond acceptors (Lipinski definition) is 3. The molecule has 1 aliphatic heterocycles. The van der Waals surface area contributed by atoms with Crippen molar-refractivity contribution in [1.29, 1.82) is 0 Å². The van der Waals surface area contributed by atoms with Gasteiger partial charge in [-0.15, -0.1) is 0 Å². The lowest BCUT2D eigenvalue weighted by atomic mass is 9.93. The fourth-order valence-electron chi connectivity index (χ4n) is 3.03. The predicted molar refractivity (Wildman–Crippen MR) is 92.1 cm³/mol. The molecule has 0 amide bonds. The van der Waals surface area contributed by atoms with Gasteiger partial charge >= 0.3 is 5.97 Å². The Kier molecular flexibility index (Phi) is 4.87. The van der Waals surface area contributed by atoms with E-state index in [0.717, 1.165) is 34.4 Å². The average molecular weight is 378 g/mol. The smallest absolute Gasteiger partial charge is 0.307 e. The number of aliphatic carboxylic acids is 1. The first-order valence-corrected chi connectivity index (χ1v) is 8.63. The number of carboxylic acid groups (broad SMARTS) is 1. The Balaban J connectivity index is 1.70. The van der Waals surface area contributed by atoms with E-state index in [2.05, 4.69) is 27.8 Å². The lowest BCUT2D eigenvalue weighted by Gasteiger charge is -2.35. The second-order valence-corrected chi connectivity index (χ2v) is 7.08. The number of likely N-dealkylation sites (tertiary alicyclic amines) is 1. The molecule has 3 rings (SSSR count). The number of carboxylic acids is 1. The molecule has 1 N–H and O–H groups in total. The summed E-state index contributed by atoms with van der Waals surface area (Å²) in [6.07, 6.45) is 1.67. The molecule has 1 saturated heterocycles. The molecule has 122 valence electrons. The van der Waals surface area contributed by atoms with Crippen LogP contribution in [0.25, 0.3) is 11.3 Å². The van der Waals surface area contributed by atoms with Gasteiger partial charge in [-0.05, 0) is 44.0 Å². The highest BCUT2D eigenvalue weighted by molar-refractivity contribution is 9.10. The minimum absolute atomic E-state index is 0.271. The molecule has 2 heterocycles. The first kappa shape index (κ1) is 16.3. The molecule has 1 fully saturated rings. The standard InChI is InChI=1S/C18H20BrNO3/c1-12-2-3-14(18(21)22)10-20(12)11-16-8-9-17(23-16)13-4-6-15(19)7-5-13/h4-9,12,14H,2-3,10-11H2,1H3,(H,21,22). The first-order valence-electron chi connectivity index (χ1n) is 7.84. The maximum atomic E-state index is 11.2. The molecule has 0 bridgehead atoms. The molecule has 0 aliphatic carbocycles. The van der Waals surface area contributed by atoms with Crippen molar-refractivity contribution < 1.29 is 14.3 Å². The zero-order valence-corrected chi connectivity index (χ0v) is 14.6. The molecule has 2 aromatic rings. The lowest BCUT2D eigenvalue weighted by molar-refractivity contribution is -0.144. The van der Waals surface area contributed by atoms with E-state index < -0.39 is 5.97 Å². The van der Waals surface area contributed by atoms with Gasteiger partial charge in [-0.25, -0.2) is 0 Å². The summed E-state index contributed by atoms with van der Waals surface area (Å²) in [6, 6.07) is 12.3. The van der Waals surface area contributed by atoms with Crippen LogP contribution in [0.1, 0.15) is 25.5 Å². The van der Waals surface area contributed by atoms with E-state index >= 15 is 0 Å². The van der Waals surface area contributed by atoms with Gasteiger partial charge in [-0.2, -0.15) is 0 Å². The van der Waals surface area contributed by atoms with Crippen LogP contribution >= 0.6 is 15.9 Å². The van der Waals surface area contributed by atoms with Crippen molar-refractivity contribution in [2.75, 3.05) is 6.54 Å². The van der Waals surface area contributed by atoms with Gasteiger partial charge in [0.1, 0.15) is 11.5 Å². The Morgan fingerprint density at radius 3 is 2.70 bits per heavy atom. The molecule has 1 aromatic carbocycles. The lowest BCUT2D eigenvalue weighted by Crippen LogP contribution is -2.43. The zero-order valence-electron chi connectivity index (χ0n) is 13.0. The number of rotatable bonds is 4. The summed E-state index contributed by atoms with van der Waals surface area (Å²) in [5, 5.41) is 9.23. The Morgan fingerprint density at radius 2 is 2.00 bits per heavy atom. The Bertz CT molecular complexity index is 680. The quantitative estimate of drug-likeness (QED) is 0.857. The van der Waals surface area contributed by atoms with Crippen LogP contribution in [-0.2, 0) is 11.3 Å². The van der Waals surface area contributed by atoms with Crippen molar-refractivity contribution >= 4 is 21.9 Å². The van der Waals surface area contributed by atoms with Gasteiger partial charge in [0.05, 0.1) is 12.5 Å². The summed E-state index contributed by atoms with van der Waals surface area (Å²) in [5.41, 5.74) is 1.04. The number of nitrogens with zero attached hydrogens (tertiary/aromatic N) is 1. The Labute approximate surface area is 144 Å². The van der Waals surface area contributed by atoms with Gasteiger partial charge in [-0.3, -0.25) is 9.69 Å². The Hall–Kier alpha value is -1.59. The highest BCUT2D eigenvalue weighted by Crippen LogP contribution is 2.27. The molecule has 1 aromatic heterocycles. The molecular formula is C18H20BrNO3. The maximum Gasteiger partial charge on any atom is 0.307 e. The topological polar surface area (TPSA) is 53.7 Å². The number of hydrogen-bond donors (Lipinski definition) is 1. The average Bonchev–Trinajstić information content (AvgIpc) is 2.98. The van der Waals surface area contributed by atoms with Gasteiger partial charge in [0.25, 0.3) is 0 Å². The minimum Gasteiger partial charge on any atom is -0.481 e. The molecule has 5 heteroatoms. The number of carbonyl (C=O) groups is 1. The fraction of sp³-hybridized carbons (Fsp3) is 0.389. The van der Waals surface area contributed by atoms with E-state index in [-0.39, 0.29) is 5.92 Å². The molecule has 0 radical (unpaired) electrons. The number of benzene rings is 1. The summed E-state index contributed by atoms with van der Waals surface area (Å²) in [5.74, 6) is 0.747. The summed E-state index contributed by atoms with van der Waals surface area (Å²) >= 11 is 3.43. The van der Waals surface area contributed by atoms with E-state index in [4.69, 9.17) is 4.42 Å². The van der Waals surface area contributed by atoms with Crippen LogP contribution in [0.5, 0.6) is 0 Å². The monoisotopic (exact) mass is 377 g/mol. The van der Waals surface area contributed by atoms with Crippen LogP contribution in [0.4, 0.5) is 0 Å². The largest absolute Gasteiger partial charge is 0.481 e. The number of furan rings is 1. The zero-order chi connectivity index (χ0) is 16.4. The van der Waals surface area contributed by atoms with Crippen molar-refractivity contribution in [1.82, 2.24) is 4.90 Å². The summed E-state index contributed by atoms with van der Waals surface area (Å²) in [4.78, 5) is 13.4. The van der Waals surface area contributed by atoms with Gasteiger partial charge in [0.2, 0.25) is 0 Å². The third-order valence-electron chi connectivity index (χ3n) is 4.51. The van der Waals surface area contributed by atoms with Crippen LogP contribution in [0.3, 0.4) is 0 Å². The van der Waals surface area contributed by atoms with Gasteiger partial charge in [-0.1, -0.05) is 28.1 Å². The van der Waals surface area contributed by atoms with E-state index in [9.17, 15) is 9.90 Å². The molecule has 2 atom stereocenters. The van der Waals surface area contributed by atoms with E-state index in [1.54, 1.807) is 0 Å². The summed E-state index contributed by atoms with van der Waals surface area (Å²) < 4.78 is 6.99. The van der Waals surface area contributed by atoms with Crippen LogP contribution in [-0.4, -0.2) is 28.6 Å².